The van der Waals surface area contributed by atoms with Crippen LogP contribution in [-0.2, 0) is 21.4 Å². The fraction of sp³-hybridized carbons (Fsp3) is 0.562. The van der Waals surface area contributed by atoms with Crippen molar-refractivity contribution in [3.63, 3.8) is 0 Å². The minimum Gasteiger partial charge on any atom is -0.351 e. The minimum atomic E-state index is -3.20. The van der Waals surface area contributed by atoms with E-state index >= 15 is 0 Å². The summed E-state index contributed by atoms with van der Waals surface area (Å²) in [6, 6.07) is 9.86. The molecule has 0 aromatic heterocycles. The molecule has 1 atom stereocenters. The average molecular weight is 339 g/mol. The van der Waals surface area contributed by atoms with Gasteiger partial charge in [-0.25, -0.2) is 13.1 Å². The number of hydrogen-bond acceptors (Lipinski definition) is 4. The highest BCUT2D eigenvalue weighted by Gasteiger charge is 2.24. The maximum absolute atomic E-state index is 12.1. The Balaban J connectivity index is 1.82. The summed E-state index contributed by atoms with van der Waals surface area (Å²) in [4.78, 5) is 14.2. The van der Waals surface area contributed by atoms with Crippen molar-refractivity contribution in [2.24, 2.45) is 0 Å². The first-order valence-electron chi connectivity index (χ1n) is 7.93. The normalized spacial score (nSPS) is 19.4. The van der Waals surface area contributed by atoms with Crippen LogP contribution < -0.4 is 10.0 Å². The molecule has 1 aliphatic heterocycles. The van der Waals surface area contributed by atoms with Crippen molar-refractivity contribution in [3.8, 4) is 0 Å². The van der Waals surface area contributed by atoms with Crippen LogP contribution in [0.1, 0.15) is 24.8 Å². The van der Waals surface area contributed by atoms with Crippen molar-refractivity contribution in [1.82, 2.24) is 14.9 Å². The minimum absolute atomic E-state index is 0.0277. The fourth-order valence-corrected chi connectivity index (χ4v) is 3.28. The number of likely N-dealkylation sites (tertiary alicyclic amines) is 1. The van der Waals surface area contributed by atoms with Crippen LogP contribution in [0, 0.1) is 0 Å². The predicted molar refractivity (Wildman–Crippen MR) is 90.3 cm³/mol. The van der Waals surface area contributed by atoms with Crippen molar-refractivity contribution in [1.29, 1.82) is 0 Å². The van der Waals surface area contributed by atoms with Gasteiger partial charge < -0.3 is 5.32 Å². The summed E-state index contributed by atoms with van der Waals surface area (Å²) in [5.41, 5.74) is 1.06. The molecular weight excluding hydrogens is 314 g/mol. The third kappa shape index (κ3) is 6.68. The van der Waals surface area contributed by atoms with Crippen molar-refractivity contribution in [2.75, 3.05) is 25.9 Å². The molecule has 7 heteroatoms. The second-order valence-electron chi connectivity index (χ2n) is 6.00. The van der Waals surface area contributed by atoms with Crippen LogP contribution in [0.15, 0.2) is 30.3 Å². The number of hydrogen-bond donors (Lipinski definition) is 2. The van der Waals surface area contributed by atoms with Crippen LogP contribution in [0.5, 0.6) is 0 Å². The van der Waals surface area contributed by atoms with E-state index < -0.39 is 10.0 Å². The Labute approximate surface area is 138 Å². The second kappa shape index (κ2) is 8.42. The van der Waals surface area contributed by atoms with E-state index in [4.69, 9.17) is 0 Å². The monoisotopic (exact) mass is 339 g/mol. The first-order valence-corrected chi connectivity index (χ1v) is 9.82. The number of amides is 1. The molecule has 0 bridgehead atoms. The molecule has 1 heterocycles. The van der Waals surface area contributed by atoms with Crippen molar-refractivity contribution in [2.45, 2.75) is 31.8 Å². The molecule has 2 rings (SSSR count). The summed E-state index contributed by atoms with van der Waals surface area (Å²) >= 11 is 0. The Morgan fingerprint density at radius 3 is 2.70 bits per heavy atom. The van der Waals surface area contributed by atoms with Gasteiger partial charge in [-0.3, -0.25) is 9.69 Å². The molecule has 128 valence electrons. The predicted octanol–water partition coefficient (Wildman–Crippen LogP) is 0.707. The molecule has 0 saturated carbocycles. The largest absolute Gasteiger partial charge is 0.351 e. The standard InChI is InChI=1S/C16H25N3O3S/c1-23(21,22)18-12-15-9-5-6-10-19(15)13-16(20)17-11-14-7-3-2-4-8-14/h2-4,7-8,15,18H,5-6,9-13H2,1H3,(H,17,20)/t15-/m0/s1. The van der Waals surface area contributed by atoms with Crippen molar-refractivity contribution >= 4 is 15.9 Å². The maximum atomic E-state index is 12.1. The number of sulfonamides is 1. The van der Waals surface area contributed by atoms with Crippen LogP contribution in [0.3, 0.4) is 0 Å². The lowest BCUT2D eigenvalue weighted by molar-refractivity contribution is -0.123. The Morgan fingerprint density at radius 1 is 1.26 bits per heavy atom. The summed E-state index contributed by atoms with van der Waals surface area (Å²) in [5, 5.41) is 2.92. The molecule has 2 N–H and O–H groups in total. The molecule has 1 aromatic rings. The highest BCUT2D eigenvalue weighted by molar-refractivity contribution is 7.88. The van der Waals surface area contributed by atoms with Gasteiger partial charge in [0.2, 0.25) is 15.9 Å². The van der Waals surface area contributed by atoms with Gasteiger partial charge in [0.15, 0.2) is 0 Å². The average Bonchev–Trinajstić information content (AvgIpc) is 2.52. The van der Waals surface area contributed by atoms with Crippen LogP contribution in [-0.4, -0.2) is 51.2 Å². The van der Waals surface area contributed by atoms with Crippen LogP contribution in [0.4, 0.5) is 0 Å². The van der Waals surface area contributed by atoms with E-state index in [1.165, 1.54) is 0 Å². The van der Waals surface area contributed by atoms with Gasteiger partial charge in [-0.1, -0.05) is 36.8 Å². The molecule has 0 spiro atoms. The molecule has 0 radical (unpaired) electrons. The third-order valence-electron chi connectivity index (χ3n) is 4.01. The molecular formula is C16H25N3O3S. The van der Waals surface area contributed by atoms with E-state index in [1.54, 1.807) is 0 Å². The Morgan fingerprint density at radius 2 is 2.00 bits per heavy atom. The zero-order valence-corrected chi connectivity index (χ0v) is 14.3. The van der Waals surface area contributed by atoms with E-state index in [1.807, 2.05) is 30.3 Å². The number of nitrogens with zero attached hydrogens (tertiary/aromatic N) is 1. The lowest BCUT2D eigenvalue weighted by atomic mass is 10.0. The molecule has 1 saturated heterocycles. The van der Waals surface area contributed by atoms with E-state index in [-0.39, 0.29) is 11.9 Å². The van der Waals surface area contributed by atoms with Gasteiger partial charge in [0.25, 0.3) is 0 Å². The number of rotatable bonds is 7. The van der Waals surface area contributed by atoms with Gasteiger partial charge in [-0.05, 0) is 24.9 Å². The van der Waals surface area contributed by atoms with Crippen LogP contribution in [0.2, 0.25) is 0 Å². The fourth-order valence-electron chi connectivity index (χ4n) is 2.78. The van der Waals surface area contributed by atoms with Gasteiger partial charge in [0.1, 0.15) is 0 Å². The van der Waals surface area contributed by atoms with Crippen molar-refractivity contribution < 1.29 is 13.2 Å². The summed E-state index contributed by atoms with van der Waals surface area (Å²) in [5.74, 6) is -0.0277. The Kier molecular flexibility index (Phi) is 6.56. The smallest absolute Gasteiger partial charge is 0.234 e. The first-order chi connectivity index (χ1) is 10.9. The zero-order chi connectivity index (χ0) is 16.7. The molecule has 1 amide bonds. The lowest BCUT2D eigenvalue weighted by Crippen LogP contribution is -2.50. The molecule has 0 aliphatic carbocycles. The molecule has 6 nitrogen and oxygen atoms in total. The van der Waals surface area contributed by atoms with E-state index in [2.05, 4.69) is 14.9 Å². The lowest BCUT2D eigenvalue weighted by Gasteiger charge is -2.35. The molecule has 1 aliphatic rings. The summed E-state index contributed by atoms with van der Waals surface area (Å²) in [6.45, 7) is 2.02. The summed E-state index contributed by atoms with van der Waals surface area (Å²) in [7, 11) is -3.20. The van der Waals surface area contributed by atoms with Gasteiger partial charge in [-0.15, -0.1) is 0 Å². The zero-order valence-electron chi connectivity index (χ0n) is 13.5. The third-order valence-corrected chi connectivity index (χ3v) is 4.70. The van der Waals surface area contributed by atoms with Crippen molar-refractivity contribution in [3.05, 3.63) is 35.9 Å². The number of benzene rings is 1. The highest BCUT2D eigenvalue weighted by Crippen LogP contribution is 2.16. The number of carbonyl (C=O) groups excluding carboxylic acids is 1. The van der Waals surface area contributed by atoms with Gasteiger partial charge in [0, 0.05) is 19.1 Å². The van der Waals surface area contributed by atoms with E-state index in [0.717, 1.165) is 37.6 Å². The number of nitrogens with one attached hydrogen (secondary N) is 2. The summed E-state index contributed by atoms with van der Waals surface area (Å²) in [6.07, 6.45) is 4.18. The Hall–Kier alpha value is -1.44. The number of piperidine rings is 1. The first kappa shape index (κ1) is 17.9. The quantitative estimate of drug-likeness (QED) is 0.767. The van der Waals surface area contributed by atoms with Gasteiger partial charge in [-0.2, -0.15) is 0 Å². The van der Waals surface area contributed by atoms with E-state index in [0.29, 0.717) is 19.6 Å². The van der Waals surface area contributed by atoms with E-state index in [9.17, 15) is 13.2 Å². The highest BCUT2D eigenvalue weighted by atomic mass is 32.2. The summed E-state index contributed by atoms with van der Waals surface area (Å²) < 4.78 is 25.1. The second-order valence-corrected chi connectivity index (χ2v) is 7.84. The molecule has 1 fully saturated rings. The van der Waals surface area contributed by atoms with Gasteiger partial charge >= 0.3 is 0 Å². The van der Waals surface area contributed by atoms with Crippen LogP contribution in [0.25, 0.3) is 0 Å². The van der Waals surface area contributed by atoms with Gasteiger partial charge in [0.05, 0.1) is 12.8 Å². The van der Waals surface area contributed by atoms with Crippen LogP contribution >= 0.6 is 0 Å². The Bertz CT molecular complexity index is 604. The molecule has 1 aromatic carbocycles. The SMILES string of the molecule is CS(=O)(=O)NC[C@@H]1CCCCN1CC(=O)NCc1ccccc1. The maximum Gasteiger partial charge on any atom is 0.234 e. The topological polar surface area (TPSA) is 78.5 Å². The molecule has 23 heavy (non-hydrogen) atoms. The number of carbonyl (C=O) groups is 1. The molecule has 0 unspecified atom stereocenters.